The van der Waals surface area contributed by atoms with Crippen molar-refractivity contribution in [3.05, 3.63) is 57.8 Å². The van der Waals surface area contributed by atoms with Crippen LogP contribution in [-0.4, -0.2) is 5.75 Å². The second-order valence-electron chi connectivity index (χ2n) is 4.63. The highest BCUT2D eigenvalue weighted by molar-refractivity contribution is 9.10. The Morgan fingerprint density at radius 1 is 1.32 bits per heavy atom. The zero-order valence-corrected chi connectivity index (χ0v) is 12.8. The van der Waals surface area contributed by atoms with E-state index in [1.165, 1.54) is 10.5 Å². The molecule has 1 nitrogen and oxygen atoms in total. The summed E-state index contributed by atoms with van der Waals surface area (Å²) in [7, 11) is 0. The molecule has 0 amide bonds. The van der Waals surface area contributed by atoms with Crippen LogP contribution in [0.1, 0.15) is 17.2 Å². The summed E-state index contributed by atoms with van der Waals surface area (Å²) in [6, 6.07) is 12.1. The van der Waals surface area contributed by atoms with Gasteiger partial charge in [-0.1, -0.05) is 18.2 Å². The number of halogens is 2. The summed E-state index contributed by atoms with van der Waals surface area (Å²) in [6.45, 7) is 1.92. The van der Waals surface area contributed by atoms with Gasteiger partial charge in [-0.15, -0.1) is 11.8 Å². The smallest absolute Gasteiger partial charge is 0.137 e. The van der Waals surface area contributed by atoms with E-state index in [-0.39, 0.29) is 11.9 Å². The number of fused-ring (bicyclic) bond motifs is 1. The fraction of sp³-hybridized carbons (Fsp3) is 0.200. The van der Waals surface area contributed by atoms with Crippen molar-refractivity contribution in [1.29, 1.82) is 0 Å². The van der Waals surface area contributed by atoms with Crippen molar-refractivity contribution in [2.45, 2.75) is 17.9 Å². The highest BCUT2D eigenvalue weighted by atomic mass is 79.9. The Labute approximate surface area is 124 Å². The summed E-state index contributed by atoms with van der Waals surface area (Å²) in [5.74, 6) is 0.789. The summed E-state index contributed by atoms with van der Waals surface area (Å²) >= 11 is 5.10. The van der Waals surface area contributed by atoms with E-state index in [0.29, 0.717) is 4.47 Å². The lowest BCUT2D eigenvalue weighted by molar-refractivity contribution is 0.620. The molecular weight excluding hydrogens is 325 g/mol. The van der Waals surface area contributed by atoms with Crippen LogP contribution >= 0.6 is 27.7 Å². The molecule has 0 saturated heterocycles. The van der Waals surface area contributed by atoms with Crippen molar-refractivity contribution in [1.82, 2.24) is 0 Å². The van der Waals surface area contributed by atoms with E-state index >= 15 is 0 Å². The molecule has 1 heterocycles. The number of benzene rings is 2. The van der Waals surface area contributed by atoms with Crippen LogP contribution in [-0.2, 0) is 0 Å². The average Bonchev–Trinajstić information content (AvgIpc) is 2.80. The van der Waals surface area contributed by atoms with Crippen molar-refractivity contribution >= 4 is 33.4 Å². The van der Waals surface area contributed by atoms with Crippen LogP contribution in [0.2, 0.25) is 0 Å². The fourth-order valence-electron chi connectivity index (χ4n) is 2.27. The highest BCUT2D eigenvalue weighted by Gasteiger charge is 2.23. The van der Waals surface area contributed by atoms with Crippen molar-refractivity contribution in [3.8, 4) is 0 Å². The molecule has 1 unspecified atom stereocenters. The van der Waals surface area contributed by atoms with Crippen LogP contribution in [0.15, 0.2) is 45.8 Å². The first kappa shape index (κ1) is 13.0. The van der Waals surface area contributed by atoms with Crippen LogP contribution in [0, 0.1) is 12.7 Å². The summed E-state index contributed by atoms with van der Waals surface area (Å²) < 4.78 is 13.9. The summed E-state index contributed by atoms with van der Waals surface area (Å²) in [4.78, 5) is 1.33. The summed E-state index contributed by atoms with van der Waals surface area (Å²) in [5, 5.41) is 3.52. The molecule has 98 valence electrons. The molecule has 1 N–H and O–H groups in total. The molecule has 1 aliphatic rings. The second-order valence-corrected chi connectivity index (χ2v) is 6.54. The Kier molecular flexibility index (Phi) is 3.54. The zero-order valence-electron chi connectivity index (χ0n) is 10.4. The van der Waals surface area contributed by atoms with Crippen LogP contribution < -0.4 is 5.32 Å². The van der Waals surface area contributed by atoms with E-state index in [9.17, 15) is 4.39 Å². The first-order chi connectivity index (χ1) is 9.15. The minimum atomic E-state index is -0.218. The minimum Gasteiger partial charge on any atom is -0.377 e. The van der Waals surface area contributed by atoms with Gasteiger partial charge in [-0.2, -0.15) is 0 Å². The van der Waals surface area contributed by atoms with E-state index < -0.39 is 0 Å². The number of thioether (sulfide) groups is 1. The Balaban J connectivity index is 1.89. The maximum atomic E-state index is 13.4. The van der Waals surface area contributed by atoms with Gasteiger partial charge in [0.25, 0.3) is 0 Å². The lowest BCUT2D eigenvalue weighted by atomic mass is 10.1. The van der Waals surface area contributed by atoms with E-state index in [2.05, 4.69) is 45.5 Å². The molecule has 1 atom stereocenters. The van der Waals surface area contributed by atoms with Gasteiger partial charge in [-0.05, 0) is 52.2 Å². The summed E-state index contributed by atoms with van der Waals surface area (Å²) in [6.07, 6.45) is 0. The average molecular weight is 338 g/mol. The van der Waals surface area contributed by atoms with Gasteiger partial charge in [-0.25, -0.2) is 4.39 Å². The van der Waals surface area contributed by atoms with E-state index in [1.54, 1.807) is 6.07 Å². The molecule has 0 spiro atoms. The fourth-order valence-corrected chi connectivity index (χ4v) is 3.78. The molecule has 19 heavy (non-hydrogen) atoms. The molecule has 2 aromatic rings. The van der Waals surface area contributed by atoms with Gasteiger partial charge in [0.05, 0.1) is 10.5 Å². The number of anilines is 1. The Morgan fingerprint density at radius 2 is 2.11 bits per heavy atom. The van der Waals surface area contributed by atoms with Gasteiger partial charge < -0.3 is 5.32 Å². The molecular formula is C15H13BrFNS. The quantitative estimate of drug-likeness (QED) is 0.812. The first-order valence-electron chi connectivity index (χ1n) is 6.09. The first-order valence-corrected chi connectivity index (χ1v) is 7.87. The lowest BCUT2D eigenvalue weighted by Gasteiger charge is -2.17. The molecule has 1 aliphatic heterocycles. The molecule has 4 heteroatoms. The number of hydrogen-bond acceptors (Lipinski definition) is 2. The van der Waals surface area contributed by atoms with Gasteiger partial charge >= 0.3 is 0 Å². The third kappa shape index (κ3) is 2.51. The third-order valence-electron chi connectivity index (χ3n) is 3.30. The SMILES string of the molecule is Cc1cc(F)c(Br)cc1NC1CSc2ccccc21. The Morgan fingerprint density at radius 3 is 2.95 bits per heavy atom. The van der Waals surface area contributed by atoms with Crippen LogP contribution in [0.5, 0.6) is 0 Å². The Hall–Kier alpha value is -1.00. The molecule has 0 saturated carbocycles. The van der Waals surface area contributed by atoms with Crippen molar-refractivity contribution in [2.24, 2.45) is 0 Å². The van der Waals surface area contributed by atoms with E-state index in [4.69, 9.17) is 0 Å². The van der Waals surface area contributed by atoms with Crippen LogP contribution in [0.3, 0.4) is 0 Å². The standard InChI is InChI=1S/C15H13BrFNS/c1-9-6-12(17)11(16)7-13(9)18-14-8-19-15-5-3-2-4-10(14)15/h2-7,14,18H,8H2,1H3. The maximum absolute atomic E-state index is 13.4. The normalized spacial score (nSPS) is 17.3. The van der Waals surface area contributed by atoms with Crippen molar-refractivity contribution < 1.29 is 4.39 Å². The molecule has 0 fully saturated rings. The second kappa shape index (κ2) is 5.17. The molecule has 0 aromatic heterocycles. The zero-order chi connectivity index (χ0) is 13.4. The minimum absolute atomic E-state index is 0.218. The number of nitrogens with one attached hydrogen (secondary N) is 1. The van der Waals surface area contributed by atoms with Gasteiger partial charge in [0.15, 0.2) is 0 Å². The van der Waals surface area contributed by atoms with Gasteiger partial charge in [-0.3, -0.25) is 0 Å². The van der Waals surface area contributed by atoms with Gasteiger partial charge in [0, 0.05) is 16.3 Å². The maximum Gasteiger partial charge on any atom is 0.137 e. The van der Waals surface area contributed by atoms with Crippen LogP contribution in [0.4, 0.5) is 10.1 Å². The Bertz CT molecular complexity index is 630. The van der Waals surface area contributed by atoms with E-state index in [1.807, 2.05) is 24.8 Å². The number of rotatable bonds is 2. The predicted octanol–water partition coefficient (Wildman–Crippen LogP) is 5.16. The number of aryl methyl sites for hydroxylation is 1. The molecule has 2 aromatic carbocycles. The molecule has 0 bridgehead atoms. The highest BCUT2D eigenvalue weighted by Crippen LogP contribution is 2.40. The third-order valence-corrected chi connectivity index (χ3v) is 5.09. The molecule has 0 aliphatic carbocycles. The topological polar surface area (TPSA) is 12.0 Å². The number of hydrogen-bond donors (Lipinski definition) is 1. The van der Waals surface area contributed by atoms with Gasteiger partial charge in [0.2, 0.25) is 0 Å². The van der Waals surface area contributed by atoms with Gasteiger partial charge in [0.1, 0.15) is 5.82 Å². The van der Waals surface area contributed by atoms with Crippen molar-refractivity contribution in [2.75, 3.05) is 11.1 Å². The van der Waals surface area contributed by atoms with Crippen molar-refractivity contribution in [3.63, 3.8) is 0 Å². The molecule has 3 rings (SSSR count). The summed E-state index contributed by atoms with van der Waals surface area (Å²) in [5.41, 5.74) is 3.23. The van der Waals surface area contributed by atoms with E-state index in [0.717, 1.165) is 17.0 Å². The molecule has 0 radical (unpaired) electrons. The largest absolute Gasteiger partial charge is 0.377 e. The predicted molar refractivity (Wildman–Crippen MR) is 82.4 cm³/mol. The monoisotopic (exact) mass is 337 g/mol. The van der Waals surface area contributed by atoms with Crippen LogP contribution in [0.25, 0.3) is 0 Å². The lowest BCUT2D eigenvalue weighted by Crippen LogP contribution is -2.10.